The predicted octanol–water partition coefficient (Wildman–Crippen LogP) is 7.44. The van der Waals surface area contributed by atoms with Gasteiger partial charge in [0.25, 0.3) is 0 Å². The highest BCUT2D eigenvalue weighted by Gasteiger charge is 2.04. The van der Waals surface area contributed by atoms with Gasteiger partial charge in [0.2, 0.25) is 0 Å². The lowest BCUT2D eigenvalue weighted by molar-refractivity contribution is 0.155. The van der Waals surface area contributed by atoms with Gasteiger partial charge in [0.05, 0.1) is 6.61 Å². The lowest BCUT2D eigenvalue weighted by Gasteiger charge is -2.06. The van der Waals surface area contributed by atoms with E-state index in [2.05, 4.69) is 17.2 Å². The average Bonchev–Trinajstić information content (AvgIpc) is 2.77. The number of ether oxygens (including phenoxy) is 1. The maximum Gasteiger partial charge on any atom is 0.435 e. The number of hydrogen-bond donors (Lipinski definition) is 2. The fraction of sp³-hybridized carbons (Fsp3) is 0.692. The molecule has 1 aromatic rings. The molecule has 1 aromatic carbocycles. The van der Waals surface area contributed by atoms with Gasteiger partial charge < -0.3 is 15.8 Å². The summed E-state index contributed by atoms with van der Waals surface area (Å²) in [5, 5.41) is 3.21. The Bertz CT molecular complexity index is 599. The molecule has 0 radical (unpaired) electrons. The molecule has 1 amide bonds. The molecule has 0 heterocycles. The van der Waals surface area contributed by atoms with Gasteiger partial charge in [-0.2, -0.15) is 4.99 Å². The first kappa shape index (κ1) is 27.0. The third kappa shape index (κ3) is 14.6. The van der Waals surface area contributed by atoms with E-state index in [0.717, 1.165) is 30.6 Å². The Kier molecular flexibility index (Phi) is 16.3. The zero-order valence-electron chi connectivity index (χ0n) is 20.0. The van der Waals surface area contributed by atoms with Gasteiger partial charge in [0.15, 0.2) is 0 Å². The molecular formula is C26H45N3O2. The second-order valence-corrected chi connectivity index (χ2v) is 8.32. The summed E-state index contributed by atoms with van der Waals surface area (Å²) in [6.07, 6.45) is 17.7. The van der Waals surface area contributed by atoms with Crippen LogP contribution in [0.4, 0.5) is 10.5 Å². The Balaban J connectivity index is 1.98. The summed E-state index contributed by atoms with van der Waals surface area (Å²) in [7, 11) is 0. The van der Waals surface area contributed by atoms with Crippen molar-refractivity contribution >= 4 is 17.6 Å². The molecular weight excluding hydrogens is 386 g/mol. The first-order valence-corrected chi connectivity index (χ1v) is 12.5. The number of aliphatic imine (C=N–C) groups is 1. The van der Waals surface area contributed by atoms with E-state index >= 15 is 0 Å². The second kappa shape index (κ2) is 18.7. The Morgan fingerprint density at radius 3 is 1.77 bits per heavy atom. The maximum absolute atomic E-state index is 11.8. The number of unbranched alkanes of at least 4 members (excludes halogenated alkanes) is 13. The SMILES string of the molecule is CCCCCCCCCCCCCCCCOC(=O)/N=C(\N)c1ccc(NCC)cc1. The van der Waals surface area contributed by atoms with Crippen molar-refractivity contribution in [3.63, 3.8) is 0 Å². The molecule has 0 aliphatic carbocycles. The number of anilines is 1. The van der Waals surface area contributed by atoms with Crippen LogP contribution in [0, 0.1) is 0 Å². The van der Waals surface area contributed by atoms with Gasteiger partial charge >= 0.3 is 6.09 Å². The van der Waals surface area contributed by atoms with Crippen LogP contribution in [-0.2, 0) is 4.74 Å². The van der Waals surface area contributed by atoms with E-state index in [-0.39, 0.29) is 5.84 Å². The van der Waals surface area contributed by atoms with Gasteiger partial charge in [-0.1, -0.05) is 90.4 Å². The molecule has 0 aliphatic heterocycles. The first-order chi connectivity index (χ1) is 15.2. The fourth-order valence-electron chi connectivity index (χ4n) is 3.61. The summed E-state index contributed by atoms with van der Waals surface area (Å²) in [5.74, 6) is 0.189. The van der Waals surface area contributed by atoms with Crippen LogP contribution in [-0.4, -0.2) is 25.1 Å². The lowest BCUT2D eigenvalue weighted by Crippen LogP contribution is -2.16. The van der Waals surface area contributed by atoms with Gasteiger partial charge in [-0.3, -0.25) is 0 Å². The molecule has 5 nitrogen and oxygen atoms in total. The fourth-order valence-corrected chi connectivity index (χ4v) is 3.61. The molecule has 0 aromatic heterocycles. The molecule has 0 saturated carbocycles. The minimum atomic E-state index is -0.608. The van der Waals surface area contributed by atoms with E-state index in [0.29, 0.717) is 6.61 Å². The van der Waals surface area contributed by atoms with E-state index in [1.807, 2.05) is 31.2 Å². The van der Waals surface area contributed by atoms with Crippen LogP contribution in [0.5, 0.6) is 0 Å². The quantitative estimate of drug-likeness (QED) is 0.144. The predicted molar refractivity (Wildman–Crippen MR) is 133 cm³/mol. The molecule has 0 saturated heterocycles. The molecule has 0 unspecified atom stereocenters. The van der Waals surface area contributed by atoms with Gasteiger partial charge in [-0.05, 0) is 37.6 Å². The third-order valence-electron chi connectivity index (χ3n) is 5.50. The van der Waals surface area contributed by atoms with E-state index in [1.54, 1.807) is 0 Å². The van der Waals surface area contributed by atoms with Gasteiger partial charge in [0.1, 0.15) is 5.84 Å². The molecule has 0 aliphatic rings. The van der Waals surface area contributed by atoms with E-state index in [1.165, 1.54) is 77.0 Å². The van der Waals surface area contributed by atoms with Crippen molar-refractivity contribution in [3.8, 4) is 0 Å². The minimum absolute atomic E-state index is 0.189. The van der Waals surface area contributed by atoms with Crippen LogP contribution < -0.4 is 11.1 Å². The summed E-state index contributed by atoms with van der Waals surface area (Å²) in [6.45, 7) is 5.57. The van der Waals surface area contributed by atoms with Gasteiger partial charge in [0, 0.05) is 17.8 Å². The van der Waals surface area contributed by atoms with Gasteiger partial charge in [-0.25, -0.2) is 4.79 Å². The summed E-state index contributed by atoms with van der Waals surface area (Å²) in [5.41, 5.74) is 7.64. The number of nitrogens with zero attached hydrogens (tertiary/aromatic N) is 1. The number of rotatable bonds is 18. The molecule has 0 spiro atoms. The summed E-state index contributed by atoms with van der Waals surface area (Å²) in [6, 6.07) is 7.53. The van der Waals surface area contributed by atoms with Crippen LogP contribution in [0.2, 0.25) is 0 Å². The number of hydrogen-bond acceptors (Lipinski definition) is 3. The lowest BCUT2D eigenvalue weighted by atomic mass is 10.0. The molecule has 176 valence electrons. The van der Waals surface area contributed by atoms with Crippen molar-refractivity contribution in [1.82, 2.24) is 0 Å². The zero-order chi connectivity index (χ0) is 22.6. The number of nitrogens with one attached hydrogen (secondary N) is 1. The van der Waals surface area contributed by atoms with E-state index in [9.17, 15) is 4.79 Å². The molecule has 1 rings (SSSR count). The number of nitrogens with two attached hydrogens (primary N) is 1. The van der Waals surface area contributed by atoms with Crippen molar-refractivity contribution in [3.05, 3.63) is 29.8 Å². The Morgan fingerprint density at radius 1 is 0.806 bits per heavy atom. The average molecular weight is 432 g/mol. The number of carbonyl (C=O) groups excluding carboxylic acids is 1. The maximum atomic E-state index is 11.8. The van der Waals surface area contributed by atoms with Crippen molar-refractivity contribution < 1.29 is 9.53 Å². The Hall–Kier alpha value is -2.04. The standard InChI is InChI=1S/C26H45N3O2/c1-3-5-6-7-8-9-10-11-12-13-14-15-16-17-22-31-26(30)29-25(27)23-18-20-24(21-19-23)28-4-2/h18-21,28H,3-17,22H2,1-2H3,(H2,27,29,30). The molecule has 3 N–H and O–H groups in total. The van der Waals surface area contributed by atoms with Crippen molar-refractivity contribution in [2.45, 2.75) is 104 Å². The summed E-state index contributed by atoms with van der Waals surface area (Å²) in [4.78, 5) is 15.7. The van der Waals surface area contributed by atoms with E-state index in [4.69, 9.17) is 10.5 Å². The first-order valence-electron chi connectivity index (χ1n) is 12.5. The topological polar surface area (TPSA) is 76.7 Å². The molecule has 0 atom stereocenters. The van der Waals surface area contributed by atoms with Crippen LogP contribution in [0.1, 0.15) is 109 Å². The zero-order valence-corrected chi connectivity index (χ0v) is 20.0. The minimum Gasteiger partial charge on any atom is -0.448 e. The Morgan fingerprint density at radius 2 is 1.29 bits per heavy atom. The monoisotopic (exact) mass is 431 g/mol. The molecule has 0 bridgehead atoms. The van der Waals surface area contributed by atoms with Crippen LogP contribution in [0.15, 0.2) is 29.3 Å². The largest absolute Gasteiger partial charge is 0.448 e. The highest BCUT2D eigenvalue weighted by atomic mass is 16.5. The highest BCUT2D eigenvalue weighted by molar-refractivity contribution is 6.02. The third-order valence-corrected chi connectivity index (χ3v) is 5.50. The van der Waals surface area contributed by atoms with Crippen molar-refractivity contribution in [1.29, 1.82) is 0 Å². The molecule has 31 heavy (non-hydrogen) atoms. The van der Waals surface area contributed by atoms with Gasteiger partial charge in [-0.15, -0.1) is 0 Å². The van der Waals surface area contributed by atoms with Crippen LogP contribution in [0.25, 0.3) is 0 Å². The summed E-state index contributed by atoms with van der Waals surface area (Å²) >= 11 is 0. The second-order valence-electron chi connectivity index (χ2n) is 8.32. The normalized spacial score (nSPS) is 11.5. The molecule has 0 fully saturated rings. The number of carbonyl (C=O) groups is 1. The van der Waals surface area contributed by atoms with E-state index < -0.39 is 6.09 Å². The van der Waals surface area contributed by atoms with Crippen LogP contribution >= 0.6 is 0 Å². The highest BCUT2D eigenvalue weighted by Crippen LogP contribution is 2.13. The number of benzene rings is 1. The van der Waals surface area contributed by atoms with Crippen LogP contribution in [0.3, 0.4) is 0 Å². The number of amides is 1. The Labute approximate surface area is 190 Å². The smallest absolute Gasteiger partial charge is 0.435 e. The summed E-state index contributed by atoms with van der Waals surface area (Å²) < 4.78 is 5.18. The van der Waals surface area contributed by atoms with Crippen molar-refractivity contribution in [2.24, 2.45) is 10.7 Å². The number of amidine groups is 1. The molecule has 5 heteroatoms. The van der Waals surface area contributed by atoms with Crippen molar-refractivity contribution in [2.75, 3.05) is 18.5 Å².